The zero-order valence-electron chi connectivity index (χ0n) is 7.08. The Morgan fingerprint density at radius 3 is 2.27 bits per heavy atom. The Kier molecular flexibility index (Phi) is 2.04. The molecule has 0 saturated carbocycles. The molecule has 2 rings (SSSR count). The van der Waals surface area contributed by atoms with Crippen molar-refractivity contribution >= 4 is 10.8 Å². The zero-order valence-corrected chi connectivity index (χ0v) is 7.90. The summed E-state index contributed by atoms with van der Waals surface area (Å²) in [5.41, 5.74) is 0. The molecule has 0 aromatic heterocycles. The molecule has 2 fully saturated rings. The Hall–Kier alpha value is 0.150. The molecule has 2 heteroatoms. The topological polar surface area (TPSA) is 17.1 Å². The highest BCUT2D eigenvalue weighted by Gasteiger charge is 2.35. The van der Waals surface area contributed by atoms with Gasteiger partial charge in [0.25, 0.3) is 0 Å². The van der Waals surface area contributed by atoms with Gasteiger partial charge in [-0.3, -0.25) is 4.21 Å². The summed E-state index contributed by atoms with van der Waals surface area (Å²) in [4.78, 5) is 0. The zero-order chi connectivity index (χ0) is 7.84. The lowest BCUT2D eigenvalue weighted by molar-refractivity contribution is 0.379. The standard InChI is InChI=1S/C9H16OS/c1-7-5-8-3-2-4-9(6-7)11(8)10/h7-9H,2-6H2,1H3. The summed E-state index contributed by atoms with van der Waals surface area (Å²) >= 11 is 0. The van der Waals surface area contributed by atoms with Crippen molar-refractivity contribution in [2.45, 2.75) is 49.5 Å². The van der Waals surface area contributed by atoms with Crippen molar-refractivity contribution in [3.8, 4) is 0 Å². The van der Waals surface area contributed by atoms with Crippen LogP contribution in [0.25, 0.3) is 0 Å². The molecule has 64 valence electrons. The van der Waals surface area contributed by atoms with E-state index in [-0.39, 0.29) is 0 Å². The molecule has 0 spiro atoms. The van der Waals surface area contributed by atoms with E-state index < -0.39 is 10.8 Å². The average Bonchev–Trinajstić information content (AvgIpc) is 1.92. The molecule has 2 atom stereocenters. The van der Waals surface area contributed by atoms with Crippen LogP contribution in [0.4, 0.5) is 0 Å². The molecular weight excluding hydrogens is 156 g/mol. The lowest BCUT2D eigenvalue weighted by Crippen LogP contribution is -2.38. The maximum Gasteiger partial charge on any atom is 0.0353 e. The largest absolute Gasteiger partial charge is 0.259 e. The Morgan fingerprint density at radius 2 is 1.73 bits per heavy atom. The van der Waals surface area contributed by atoms with Gasteiger partial charge in [-0.1, -0.05) is 13.3 Å². The molecule has 2 unspecified atom stereocenters. The molecule has 0 amide bonds. The Bertz CT molecular complexity index is 162. The van der Waals surface area contributed by atoms with Crippen LogP contribution in [0.1, 0.15) is 39.0 Å². The first-order chi connectivity index (χ1) is 5.27. The van der Waals surface area contributed by atoms with Crippen LogP contribution < -0.4 is 0 Å². The SMILES string of the molecule is CC1CC2CCCC(C1)S2=O. The Labute approximate surface area is 71.0 Å². The Balaban J connectivity index is 2.13. The summed E-state index contributed by atoms with van der Waals surface area (Å²) in [6, 6.07) is 0. The normalized spacial score (nSPS) is 50.6. The fourth-order valence-corrected chi connectivity index (χ4v) is 4.88. The van der Waals surface area contributed by atoms with Gasteiger partial charge in [0, 0.05) is 21.3 Å². The van der Waals surface area contributed by atoms with E-state index in [4.69, 9.17) is 0 Å². The van der Waals surface area contributed by atoms with Gasteiger partial charge < -0.3 is 0 Å². The third-order valence-electron chi connectivity index (χ3n) is 3.04. The molecule has 0 aromatic carbocycles. The van der Waals surface area contributed by atoms with Crippen molar-refractivity contribution in [2.24, 2.45) is 5.92 Å². The van der Waals surface area contributed by atoms with Gasteiger partial charge in [0.05, 0.1) is 0 Å². The third kappa shape index (κ3) is 1.37. The third-order valence-corrected chi connectivity index (χ3v) is 5.21. The highest BCUT2D eigenvalue weighted by Crippen LogP contribution is 2.36. The molecule has 2 aliphatic rings. The van der Waals surface area contributed by atoms with Crippen molar-refractivity contribution in [3.63, 3.8) is 0 Å². The summed E-state index contributed by atoms with van der Waals surface area (Å²) < 4.78 is 11.7. The summed E-state index contributed by atoms with van der Waals surface area (Å²) in [7, 11) is -0.457. The first-order valence-corrected chi connectivity index (χ1v) is 5.94. The maximum atomic E-state index is 11.7. The van der Waals surface area contributed by atoms with Crippen LogP contribution >= 0.6 is 0 Å². The van der Waals surface area contributed by atoms with Crippen LogP contribution in [-0.4, -0.2) is 14.7 Å². The van der Waals surface area contributed by atoms with Crippen molar-refractivity contribution in [2.75, 3.05) is 0 Å². The monoisotopic (exact) mass is 172 g/mol. The average molecular weight is 172 g/mol. The smallest absolute Gasteiger partial charge is 0.0353 e. The van der Waals surface area contributed by atoms with Crippen LogP contribution in [0, 0.1) is 5.92 Å². The minimum atomic E-state index is -0.457. The minimum Gasteiger partial charge on any atom is -0.259 e. The second-order valence-electron chi connectivity index (χ2n) is 4.08. The molecule has 0 radical (unpaired) electrons. The molecule has 0 aromatic rings. The second kappa shape index (κ2) is 2.89. The summed E-state index contributed by atoms with van der Waals surface area (Å²) in [6.45, 7) is 2.31. The van der Waals surface area contributed by atoms with Gasteiger partial charge in [-0.05, 0) is 31.6 Å². The highest BCUT2D eigenvalue weighted by atomic mass is 32.2. The van der Waals surface area contributed by atoms with Crippen molar-refractivity contribution in [3.05, 3.63) is 0 Å². The van der Waals surface area contributed by atoms with Gasteiger partial charge in [-0.15, -0.1) is 0 Å². The van der Waals surface area contributed by atoms with Gasteiger partial charge in [0.15, 0.2) is 0 Å². The van der Waals surface area contributed by atoms with Gasteiger partial charge in [0.2, 0.25) is 0 Å². The molecule has 2 aliphatic heterocycles. The van der Waals surface area contributed by atoms with E-state index in [1.54, 1.807) is 0 Å². The first kappa shape index (κ1) is 7.78. The lowest BCUT2D eigenvalue weighted by atomic mass is 9.91. The molecular formula is C9H16OS. The quantitative estimate of drug-likeness (QED) is 0.547. The molecule has 2 bridgehead atoms. The Morgan fingerprint density at radius 1 is 1.18 bits per heavy atom. The first-order valence-electron chi connectivity index (χ1n) is 4.66. The van der Waals surface area contributed by atoms with Gasteiger partial charge in [0.1, 0.15) is 0 Å². The van der Waals surface area contributed by atoms with Crippen LogP contribution in [-0.2, 0) is 10.8 Å². The molecule has 2 saturated heterocycles. The van der Waals surface area contributed by atoms with Crippen LogP contribution in [0.5, 0.6) is 0 Å². The molecule has 11 heavy (non-hydrogen) atoms. The summed E-state index contributed by atoms with van der Waals surface area (Å²) in [6.07, 6.45) is 6.24. The van der Waals surface area contributed by atoms with E-state index in [9.17, 15) is 4.21 Å². The maximum absolute atomic E-state index is 11.7. The summed E-state index contributed by atoms with van der Waals surface area (Å²) in [5.74, 6) is 0.836. The fourth-order valence-electron chi connectivity index (χ4n) is 2.50. The van der Waals surface area contributed by atoms with E-state index in [0.717, 1.165) is 5.92 Å². The number of fused-ring (bicyclic) bond motifs is 2. The van der Waals surface area contributed by atoms with Crippen molar-refractivity contribution in [1.29, 1.82) is 0 Å². The predicted molar refractivity (Wildman–Crippen MR) is 48.0 cm³/mol. The van der Waals surface area contributed by atoms with E-state index in [2.05, 4.69) is 6.92 Å². The van der Waals surface area contributed by atoms with E-state index in [0.29, 0.717) is 10.5 Å². The molecule has 1 nitrogen and oxygen atoms in total. The lowest BCUT2D eigenvalue weighted by Gasteiger charge is -2.36. The second-order valence-corrected chi connectivity index (χ2v) is 6.07. The predicted octanol–water partition coefficient (Wildman–Crippen LogP) is 2.09. The minimum absolute atomic E-state index is 0.457. The fraction of sp³-hybridized carbons (Fsp3) is 1.00. The van der Waals surface area contributed by atoms with Crippen LogP contribution in [0.2, 0.25) is 0 Å². The molecule has 2 heterocycles. The highest BCUT2D eigenvalue weighted by molar-refractivity contribution is 7.86. The van der Waals surface area contributed by atoms with Gasteiger partial charge >= 0.3 is 0 Å². The van der Waals surface area contributed by atoms with Crippen molar-refractivity contribution < 1.29 is 4.21 Å². The van der Waals surface area contributed by atoms with Crippen LogP contribution in [0.15, 0.2) is 0 Å². The van der Waals surface area contributed by atoms with E-state index in [1.807, 2.05) is 0 Å². The van der Waals surface area contributed by atoms with Crippen molar-refractivity contribution in [1.82, 2.24) is 0 Å². The van der Waals surface area contributed by atoms with E-state index in [1.165, 1.54) is 32.1 Å². The van der Waals surface area contributed by atoms with Gasteiger partial charge in [-0.25, -0.2) is 0 Å². The van der Waals surface area contributed by atoms with Gasteiger partial charge in [-0.2, -0.15) is 0 Å². The van der Waals surface area contributed by atoms with E-state index >= 15 is 0 Å². The molecule has 0 aliphatic carbocycles. The number of rotatable bonds is 0. The number of hydrogen-bond donors (Lipinski definition) is 0. The number of hydrogen-bond acceptors (Lipinski definition) is 1. The molecule has 0 N–H and O–H groups in total. The summed E-state index contributed by atoms with van der Waals surface area (Å²) in [5, 5.41) is 1.13. The van der Waals surface area contributed by atoms with Crippen LogP contribution in [0.3, 0.4) is 0 Å².